The highest BCUT2D eigenvalue weighted by molar-refractivity contribution is 5.96. The highest BCUT2D eigenvalue weighted by atomic mass is 16.6. The summed E-state index contributed by atoms with van der Waals surface area (Å²) in [6.07, 6.45) is 4.08. The second-order valence-corrected chi connectivity index (χ2v) is 10.5. The van der Waals surface area contributed by atoms with Crippen molar-refractivity contribution in [3.05, 3.63) is 70.8 Å². The summed E-state index contributed by atoms with van der Waals surface area (Å²) in [5, 5.41) is 0. The molecule has 1 aliphatic carbocycles. The number of methoxy groups -OCH3 is 1. The summed E-state index contributed by atoms with van der Waals surface area (Å²) >= 11 is 0. The van der Waals surface area contributed by atoms with Crippen molar-refractivity contribution >= 4 is 11.8 Å². The molecule has 1 aromatic heterocycles. The molecule has 2 N–H and O–H groups in total. The lowest BCUT2D eigenvalue weighted by Crippen LogP contribution is -2.25. The van der Waals surface area contributed by atoms with E-state index in [0.717, 1.165) is 41.0 Å². The van der Waals surface area contributed by atoms with Gasteiger partial charge in [-0.25, -0.2) is 9.78 Å². The van der Waals surface area contributed by atoms with E-state index in [-0.39, 0.29) is 5.82 Å². The van der Waals surface area contributed by atoms with Crippen molar-refractivity contribution in [1.29, 1.82) is 0 Å². The number of aryl methyl sites for hydroxylation is 3. The normalized spacial score (nSPS) is 13.4. The Balaban J connectivity index is 1.68. The van der Waals surface area contributed by atoms with E-state index in [4.69, 9.17) is 19.9 Å². The van der Waals surface area contributed by atoms with E-state index in [9.17, 15) is 4.79 Å². The Bertz CT molecular complexity index is 1200. The van der Waals surface area contributed by atoms with Crippen molar-refractivity contribution in [3.63, 3.8) is 0 Å². The minimum absolute atomic E-state index is 0.164. The van der Waals surface area contributed by atoms with Gasteiger partial charge in [-0.3, -0.25) is 0 Å². The molecule has 6 nitrogen and oxygen atoms in total. The Morgan fingerprint density at radius 2 is 1.81 bits per heavy atom. The molecule has 0 atom stereocenters. The summed E-state index contributed by atoms with van der Waals surface area (Å²) in [4.78, 5) is 17.5. The molecule has 0 saturated heterocycles. The molecule has 0 aliphatic heterocycles. The van der Waals surface area contributed by atoms with Crippen LogP contribution in [0.2, 0.25) is 0 Å². The van der Waals surface area contributed by atoms with Crippen molar-refractivity contribution in [1.82, 2.24) is 4.98 Å². The fourth-order valence-electron chi connectivity index (χ4n) is 4.18. The van der Waals surface area contributed by atoms with Gasteiger partial charge in [0, 0.05) is 5.56 Å². The van der Waals surface area contributed by atoms with Crippen molar-refractivity contribution in [2.45, 2.75) is 59.0 Å². The molecule has 36 heavy (non-hydrogen) atoms. The molecule has 0 amide bonds. The summed E-state index contributed by atoms with van der Waals surface area (Å²) in [7, 11) is 1.67. The number of pyridine rings is 1. The number of esters is 1. The quantitative estimate of drug-likeness (QED) is 0.362. The SMILES string of the molecule is COc1ccc(CCc2cccc(OCC3CC3)c2-c2cc(C)c(C(=O)OC(C)(C)C)c(N)n2)cc1. The maximum atomic E-state index is 12.8. The second kappa shape index (κ2) is 10.6. The van der Waals surface area contributed by atoms with E-state index in [1.807, 2.05) is 58.0 Å². The van der Waals surface area contributed by atoms with E-state index < -0.39 is 11.6 Å². The number of nitrogen functional groups attached to an aromatic ring is 1. The fourth-order valence-corrected chi connectivity index (χ4v) is 4.18. The number of carbonyl (C=O) groups is 1. The van der Waals surface area contributed by atoms with Gasteiger partial charge in [0.05, 0.1) is 19.4 Å². The molecule has 1 heterocycles. The van der Waals surface area contributed by atoms with Crippen molar-refractivity contribution in [2.75, 3.05) is 19.5 Å². The Morgan fingerprint density at radius 1 is 1.08 bits per heavy atom. The molecule has 0 bridgehead atoms. The molecule has 190 valence electrons. The minimum Gasteiger partial charge on any atom is -0.497 e. The van der Waals surface area contributed by atoms with Crippen LogP contribution in [0.25, 0.3) is 11.3 Å². The number of carbonyl (C=O) groups excluding carboxylic acids is 1. The molecule has 1 saturated carbocycles. The fraction of sp³-hybridized carbons (Fsp3) is 0.400. The van der Waals surface area contributed by atoms with Gasteiger partial charge in [-0.1, -0.05) is 24.3 Å². The van der Waals surface area contributed by atoms with Crippen LogP contribution in [0.1, 0.15) is 60.7 Å². The minimum atomic E-state index is -0.619. The number of hydrogen-bond donors (Lipinski definition) is 1. The number of nitrogens with zero attached hydrogens (tertiary/aromatic N) is 1. The van der Waals surface area contributed by atoms with Crippen molar-refractivity contribution in [2.24, 2.45) is 5.92 Å². The Labute approximate surface area is 213 Å². The maximum absolute atomic E-state index is 12.8. The van der Waals surface area contributed by atoms with Gasteiger partial charge in [-0.15, -0.1) is 0 Å². The van der Waals surface area contributed by atoms with E-state index in [1.165, 1.54) is 18.4 Å². The Hall–Kier alpha value is -3.54. The van der Waals surface area contributed by atoms with E-state index in [0.29, 0.717) is 23.8 Å². The van der Waals surface area contributed by atoms with Crippen LogP contribution in [0.15, 0.2) is 48.5 Å². The summed E-state index contributed by atoms with van der Waals surface area (Å²) in [5.41, 5.74) is 10.7. The lowest BCUT2D eigenvalue weighted by atomic mass is 9.95. The van der Waals surface area contributed by atoms with Gasteiger partial charge in [0.1, 0.15) is 28.5 Å². The second-order valence-electron chi connectivity index (χ2n) is 10.5. The first-order chi connectivity index (χ1) is 17.1. The highest BCUT2D eigenvalue weighted by Crippen LogP contribution is 2.37. The first kappa shape index (κ1) is 25.5. The van der Waals surface area contributed by atoms with E-state index >= 15 is 0 Å². The zero-order chi connectivity index (χ0) is 25.9. The molecular weight excluding hydrogens is 452 g/mol. The standard InChI is InChI=1S/C30H36N2O4/c1-19-17-24(32-28(31)26(19)29(33)36-30(2,3)4)27-22(7-6-8-25(27)35-18-21-9-10-21)14-11-20-12-15-23(34-5)16-13-20/h6-8,12-13,15-17,21H,9-11,14,18H2,1-5H3,(H2,31,32). The van der Waals surface area contributed by atoms with Crippen LogP contribution in [0.4, 0.5) is 5.82 Å². The van der Waals surface area contributed by atoms with Crippen LogP contribution in [0.3, 0.4) is 0 Å². The summed E-state index contributed by atoms with van der Waals surface area (Å²) in [5.74, 6) is 1.96. The third kappa shape index (κ3) is 6.36. The lowest BCUT2D eigenvalue weighted by Gasteiger charge is -2.21. The predicted molar refractivity (Wildman–Crippen MR) is 143 cm³/mol. The van der Waals surface area contributed by atoms with Crippen LogP contribution >= 0.6 is 0 Å². The molecule has 0 spiro atoms. The zero-order valence-electron chi connectivity index (χ0n) is 21.9. The van der Waals surface area contributed by atoms with Gasteiger partial charge in [-0.05, 0) is 100 Å². The largest absolute Gasteiger partial charge is 0.497 e. The molecule has 2 aromatic carbocycles. The van der Waals surface area contributed by atoms with Gasteiger partial charge in [0.15, 0.2) is 0 Å². The topological polar surface area (TPSA) is 83.7 Å². The predicted octanol–water partition coefficient (Wildman–Crippen LogP) is 6.18. The number of anilines is 1. The molecule has 6 heteroatoms. The number of aromatic nitrogens is 1. The van der Waals surface area contributed by atoms with Gasteiger partial charge in [0.25, 0.3) is 0 Å². The number of rotatable bonds is 9. The maximum Gasteiger partial charge on any atom is 0.342 e. The average molecular weight is 489 g/mol. The van der Waals surface area contributed by atoms with Crippen LogP contribution in [0.5, 0.6) is 11.5 Å². The van der Waals surface area contributed by atoms with Crippen LogP contribution < -0.4 is 15.2 Å². The van der Waals surface area contributed by atoms with Gasteiger partial charge >= 0.3 is 5.97 Å². The van der Waals surface area contributed by atoms with Crippen molar-refractivity contribution < 1.29 is 19.0 Å². The lowest BCUT2D eigenvalue weighted by molar-refractivity contribution is 0.00697. The third-order valence-electron chi connectivity index (χ3n) is 6.23. The molecule has 0 radical (unpaired) electrons. The first-order valence-electron chi connectivity index (χ1n) is 12.5. The number of hydrogen-bond acceptors (Lipinski definition) is 6. The molecule has 0 unspecified atom stereocenters. The van der Waals surface area contributed by atoms with Crippen LogP contribution in [-0.2, 0) is 17.6 Å². The Kier molecular flexibility index (Phi) is 7.53. The van der Waals surface area contributed by atoms with E-state index in [2.05, 4.69) is 23.2 Å². The van der Waals surface area contributed by atoms with Crippen molar-refractivity contribution in [3.8, 4) is 22.8 Å². The molecule has 3 aromatic rings. The number of ether oxygens (including phenoxy) is 3. The summed E-state index contributed by atoms with van der Waals surface area (Å²) in [6, 6.07) is 16.2. The molecule has 1 fully saturated rings. The highest BCUT2D eigenvalue weighted by Gasteiger charge is 2.26. The van der Waals surface area contributed by atoms with Crippen LogP contribution in [0, 0.1) is 12.8 Å². The molecule has 4 rings (SSSR count). The molecular formula is C30H36N2O4. The summed E-state index contributed by atoms with van der Waals surface area (Å²) < 4.78 is 17.1. The van der Waals surface area contributed by atoms with E-state index in [1.54, 1.807) is 7.11 Å². The van der Waals surface area contributed by atoms with Gasteiger partial charge in [-0.2, -0.15) is 0 Å². The van der Waals surface area contributed by atoms with Crippen LogP contribution in [-0.4, -0.2) is 30.3 Å². The average Bonchev–Trinajstić information content (AvgIpc) is 3.64. The summed E-state index contributed by atoms with van der Waals surface area (Å²) in [6.45, 7) is 8.06. The Morgan fingerprint density at radius 3 is 2.42 bits per heavy atom. The first-order valence-corrected chi connectivity index (χ1v) is 12.5. The molecule has 1 aliphatic rings. The van der Waals surface area contributed by atoms with Gasteiger partial charge < -0.3 is 19.9 Å². The number of nitrogens with two attached hydrogens (primary N) is 1. The third-order valence-corrected chi connectivity index (χ3v) is 6.23. The number of benzene rings is 2. The zero-order valence-corrected chi connectivity index (χ0v) is 21.9. The monoisotopic (exact) mass is 488 g/mol. The smallest absolute Gasteiger partial charge is 0.342 e. The van der Waals surface area contributed by atoms with Gasteiger partial charge in [0.2, 0.25) is 0 Å².